The fraction of sp³-hybridized carbons (Fsp3) is 0.417. The molecular weight excluding hydrogens is 350 g/mol. The average Bonchev–Trinajstić information content (AvgIpc) is 2.22. The van der Waals surface area contributed by atoms with Crippen LogP contribution in [0.4, 0.5) is 0 Å². The Morgan fingerprint density at radius 1 is 1.35 bits per heavy atom. The number of carboxylic acids is 1. The van der Waals surface area contributed by atoms with Crippen molar-refractivity contribution in [1.29, 1.82) is 0 Å². The van der Waals surface area contributed by atoms with Gasteiger partial charge in [0.15, 0.2) is 0 Å². The third kappa shape index (κ3) is 4.41. The zero-order chi connectivity index (χ0) is 13.0. The maximum Gasteiger partial charge on any atom is 0.320 e. The van der Waals surface area contributed by atoms with Crippen molar-refractivity contribution in [2.24, 2.45) is 5.92 Å². The summed E-state index contributed by atoms with van der Waals surface area (Å²) in [5.74, 6) is -0.748. The van der Waals surface area contributed by atoms with Crippen LogP contribution in [-0.2, 0) is 11.3 Å². The summed E-state index contributed by atoms with van der Waals surface area (Å²) in [4.78, 5) is 11.0. The molecule has 0 saturated carbocycles. The number of aliphatic carboxylic acids is 1. The molecule has 5 heteroatoms. The predicted octanol–water partition coefficient (Wildman–Crippen LogP) is 3.41. The van der Waals surface area contributed by atoms with Gasteiger partial charge < -0.3 is 10.4 Å². The lowest BCUT2D eigenvalue weighted by Gasteiger charge is -2.18. The summed E-state index contributed by atoms with van der Waals surface area (Å²) < 4.78 is 1.95. The zero-order valence-corrected chi connectivity index (χ0v) is 12.9. The highest BCUT2D eigenvalue weighted by atomic mass is 79.9. The average molecular weight is 365 g/mol. The van der Waals surface area contributed by atoms with Crippen molar-refractivity contribution in [2.45, 2.75) is 26.4 Å². The lowest BCUT2D eigenvalue weighted by atomic mass is 10.0. The highest BCUT2D eigenvalue weighted by Gasteiger charge is 2.20. The Labute approximate surface area is 118 Å². The second-order valence-electron chi connectivity index (χ2n) is 4.19. The van der Waals surface area contributed by atoms with E-state index in [2.05, 4.69) is 37.2 Å². The minimum absolute atomic E-state index is 0.0615. The summed E-state index contributed by atoms with van der Waals surface area (Å²) in [5, 5.41) is 12.1. The normalized spacial score (nSPS) is 12.8. The Morgan fingerprint density at radius 2 is 2.00 bits per heavy atom. The van der Waals surface area contributed by atoms with Crippen molar-refractivity contribution >= 4 is 37.8 Å². The van der Waals surface area contributed by atoms with Crippen molar-refractivity contribution in [3.63, 3.8) is 0 Å². The predicted molar refractivity (Wildman–Crippen MR) is 74.9 cm³/mol. The molecule has 1 aromatic rings. The van der Waals surface area contributed by atoms with Crippen LogP contribution in [0.25, 0.3) is 0 Å². The second-order valence-corrected chi connectivity index (χ2v) is 5.90. The second kappa shape index (κ2) is 6.52. The number of nitrogens with one attached hydrogen (secondary N) is 1. The highest BCUT2D eigenvalue weighted by Crippen LogP contribution is 2.23. The van der Waals surface area contributed by atoms with E-state index in [9.17, 15) is 4.79 Å². The molecule has 3 nitrogen and oxygen atoms in total. The van der Waals surface area contributed by atoms with Crippen LogP contribution >= 0.6 is 31.9 Å². The van der Waals surface area contributed by atoms with Crippen LogP contribution in [0, 0.1) is 5.92 Å². The smallest absolute Gasteiger partial charge is 0.320 e. The van der Waals surface area contributed by atoms with E-state index >= 15 is 0 Å². The monoisotopic (exact) mass is 363 g/mol. The van der Waals surface area contributed by atoms with Crippen molar-refractivity contribution in [2.75, 3.05) is 0 Å². The highest BCUT2D eigenvalue weighted by molar-refractivity contribution is 9.13. The minimum atomic E-state index is -0.809. The first-order valence-corrected chi connectivity index (χ1v) is 6.90. The van der Waals surface area contributed by atoms with Crippen molar-refractivity contribution < 1.29 is 9.90 Å². The van der Waals surface area contributed by atoms with E-state index < -0.39 is 12.0 Å². The molecule has 0 heterocycles. The van der Waals surface area contributed by atoms with Crippen LogP contribution in [0.5, 0.6) is 0 Å². The van der Waals surface area contributed by atoms with Crippen LogP contribution in [0.2, 0.25) is 0 Å². The fourth-order valence-electron chi connectivity index (χ4n) is 1.49. The third-order valence-corrected chi connectivity index (χ3v) is 4.32. The van der Waals surface area contributed by atoms with Crippen molar-refractivity contribution in [3.8, 4) is 0 Å². The standard InChI is InChI=1S/C12H15Br2NO2/c1-7(2)11(12(16)17)15-6-8-3-4-9(13)10(14)5-8/h3-5,7,11,15H,6H2,1-2H3,(H,16,17). The largest absolute Gasteiger partial charge is 0.480 e. The van der Waals surface area contributed by atoms with Gasteiger partial charge in [-0.2, -0.15) is 0 Å². The maximum atomic E-state index is 11.0. The molecule has 0 amide bonds. The fourth-order valence-corrected chi connectivity index (χ4v) is 2.16. The number of halogens is 2. The first-order chi connectivity index (χ1) is 7.91. The number of carbonyl (C=O) groups is 1. The number of rotatable bonds is 5. The van der Waals surface area contributed by atoms with Gasteiger partial charge in [0.25, 0.3) is 0 Å². The van der Waals surface area contributed by atoms with E-state index in [1.165, 1.54) is 0 Å². The van der Waals surface area contributed by atoms with Crippen LogP contribution in [0.3, 0.4) is 0 Å². The van der Waals surface area contributed by atoms with E-state index in [0.29, 0.717) is 6.54 Å². The van der Waals surface area contributed by atoms with Crippen LogP contribution in [0.1, 0.15) is 19.4 Å². The van der Waals surface area contributed by atoms with Crippen LogP contribution in [0.15, 0.2) is 27.1 Å². The molecule has 1 rings (SSSR count). The molecule has 0 saturated heterocycles. The van der Waals surface area contributed by atoms with Gasteiger partial charge in [0.2, 0.25) is 0 Å². The molecule has 0 spiro atoms. The van der Waals surface area contributed by atoms with Crippen LogP contribution in [-0.4, -0.2) is 17.1 Å². The zero-order valence-electron chi connectivity index (χ0n) is 9.71. The van der Waals surface area contributed by atoms with Gasteiger partial charge in [-0.1, -0.05) is 19.9 Å². The molecule has 1 unspecified atom stereocenters. The van der Waals surface area contributed by atoms with Gasteiger partial charge in [-0.15, -0.1) is 0 Å². The lowest BCUT2D eigenvalue weighted by Crippen LogP contribution is -2.40. The van der Waals surface area contributed by atoms with E-state index in [4.69, 9.17) is 5.11 Å². The summed E-state index contributed by atoms with van der Waals surface area (Å²) in [6.45, 7) is 4.33. The summed E-state index contributed by atoms with van der Waals surface area (Å²) in [6, 6.07) is 5.35. The summed E-state index contributed by atoms with van der Waals surface area (Å²) in [5.41, 5.74) is 1.05. The SMILES string of the molecule is CC(C)C(NCc1ccc(Br)c(Br)c1)C(=O)O. The summed E-state index contributed by atoms with van der Waals surface area (Å²) >= 11 is 6.81. The molecule has 0 aromatic heterocycles. The quantitative estimate of drug-likeness (QED) is 0.841. The molecule has 94 valence electrons. The Kier molecular flexibility index (Phi) is 5.62. The van der Waals surface area contributed by atoms with E-state index in [1.807, 2.05) is 32.0 Å². The molecule has 1 atom stereocenters. The number of hydrogen-bond acceptors (Lipinski definition) is 2. The first-order valence-electron chi connectivity index (χ1n) is 5.32. The minimum Gasteiger partial charge on any atom is -0.480 e. The number of hydrogen-bond donors (Lipinski definition) is 2. The van der Waals surface area contributed by atoms with Crippen molar-refractivity contribution in [3.05, 3.63) is 32.7 Å². The van der Waals surface area contributed by atoms with Gasteiger partial charge in [-0.3, -0.25) is 4.79 Å². The molecular formula is C12H15Br2NO2. The van der Waals surface area contributed by atoms with Crippen LogP contribution < -0.4 is 5.32 Å². The number of benzene rings is 1. The maximum absolute atomic E-state index is 11.0. The topological polar surface area (TPSA) is 49.3 Å². The molecule has 0 aliphatic heterocycles. The van der Waals surface area contributed by atoms with Gasteiger partial charge in [0.1, 0.15) is 6.04 Å². The van der Waals surface area contributed by atoms with Gasteiger partial charge in [0, 0.05) is 15.5 Å². The van der Waals surface area contributed by atoms with Gasteiger partial charge >= 0.3 is 5.97 Å². The van der Waals surface area contributed by atoms with E-state index in [-0.39, 0.29) is 5.92 Å². The molecule has 0 radical (unpaired) electrons. The molecule has 0 bridgehead atoms. The van der Waals surface area contributed by atoms with Crippen molar-refractivity contribution in [1.82, 2.24) is 5.32 Å². The molecule has 0 aliphatic rings. The molecule has 2 N–H and O–H groups in total. The number of carboxylic acid groups (broad SMARTS) is 1. The van der Waals surface area contributed by atoms with Gasteiger partial charge in [0.05, 0.1) is 0 Å². The Morgan fingerprint density at radius 3 is 2.47 bits per heavy atom. The Bertz CT molecular complexity index is 407. The third-order valence-electron chi connectivity index (χ3n) is 2.44. The molecule has 0 fully saturated rings. The summed E-state index contributed by atoms with van der Waals surface area (Å²) in [7, 11) is 0. The first kappa shape index (κ1) is 14.7. The molecule has 0 aliphatic carbocycles. The van der Waals surface area contributed by atoms with Gasteiger partial charge in [-0.05, 0) is 55.5 Å². The summed E-state index contributed by atoms with van der Waals surface area (Å²) in [6.07, 6.45) is 0. The Hall–Kier alpha value is -0.390. The van der Waals surface area contributed by atoms with Gasteiger partial charge in [-0.25, -0.2) is 0 Å². The molecule has 17 heavy (non-hydrogen) atoms. The lowest BCUT2D eigenvalue weighted by molar-refractivity contribution is -0.140. The Balaban J connectivity index is 2.65. The molecule has 1 aromatic carbocycles. The van der Waals surface area contributed by atoms with E-state index in [1.54, 1.807) is 0 Å². The van der Waals surface area contributed by atoms with E-state index in [0.717, 1.165) is 14.5 Å².